The quantitative estimate of drug-likeness (QED) is 0.297. The molecule has 0 bridgehead atoms. The van der Waals surface area contributed by atoms with Crippen molar-refractivity contribution in [3.05, 3.63) is 6.33 Å². The minimum atomic E-state index is -4.18. The first-order chi connectivity index (χ1) is 18.8. The van der Waals surface area contributed by atoms with Gasteiger partial charge in [-0.25, -0.2) is 18.7 Å². The summed E-state index contributed by atoms with van der Waals surface area (Å²) in [6.45, 7) is 6.10. The smallest absolute Gasteiger partial charge is 0.475 e. The normalized spacial score (nSPS) is 28.3. The number of fused-ring (bicyclic) bond motifs is 2. The summed E-state index contributed by atoms with van der Waals surface area (Å²) in [6.07, 6.45) is -2.79. The van der Waals surface area contributed by atoms with Gasteiger partial charge >= 0.3 is 13.9 Å². The molecule has 1 amide bonds. The first kappa shape index (κ1) is 30.4. The summed E-state index contributed by atoms with van der Waals surface area (Å²) in [5.74, 6) is 0.127. The molecule has 2 aromatic heterocycles. The third kappa shape index (κ3) is 6.19. The second-order valence-corrected chi connectivity index (χ2v) is 12.5. The Bertz CT molecular complexity index is 1310. The molecule has 0 radical (unpaired) electrons. The number of nitrogens with two attached hydrogens (primary N) is 1. The third-order valence-corrected chi connectivity index (χ3v) is 8.88. The highest BCUT2D eigenvalue weighted by molar-refractivity contribution is 8.13. The number of anilines is 1. The highest BCUT2D eigenvalue weighted by atomic mass is 32.2. The van der Waals surface area contributed by atoms with Gasteiger partial charge in [0.2, 0.25) is 11.8 Å². The largest absolute Gasteiger partial charge is 0.479 e. The van der Waals surface area contributed by atoms with Crippen LogP contribution in [0.25, 0.3) is 11.2 Å². The molecule has 0 saturated carbocycles. The number of hydrogen-bond donors (Lipinski definition) is 2. The number of nitrogens with zero attached hydrogens (tertiary/aromatic N) is 4. The summed E-state index contributed by atoms with van der Waals surface area (Å²) in [5.41, 5.74) is 3.09. The number of alkyl halides is 1. The van der Waals surface area contributed by atoms with Crippen LogP contribution >= 0.6 is 19.6 Å². The molecule has 2 fully saturated rings. The number of aromatic nitrogens is 4. The molecule has 2 aliphatic heterocycles. The van der Waals surface area contributed by atoms with Gasteiger partial charge in [-0.15, -0.1) is 0 Å². The number of methoxy groups -OCH3 is 1. The number of nitrogen functional groups attached to an aromatic ring is 1. The molecule has 4 heterocycles. The molecule has 2 aliphatic rings. The molecule has 0 spiro atoms. The van der Waals surface area contributed by atoms with Crippen LogP contribution in [0.1, 0.15) is 33.9 Å². The van der Waals surface area contributed by atoms with Gasteiger partial charge in [0, 0.05) is 12.3 Å². The molecule has 222 valence electrons. The molecule has 3 N–H and O–H groups in total. The number of carbonyl (C=O) groups excluding carboxylic acids is 2. The van der Waals surface area contributed by atoms with Crippen LogP contribution < -0.4 is 15.8 Å². The molecular formula is C22H32FN6O9PS. The first-order valence-corrected chi connectivity index (χ1v) is 14.8. The minimum Gasteiger partial charge on any atom is -0.479 e. The Morgan fingerprint density at radius 1 is 1.40 bits per heavy atom. The average molecular weight is 607 g/mol. The van der Waals surface area contributed by atoms with E-state index in [4.69, 9.17) is 33.5 Å². The van der Waals surface area contributed by atoms with E-state index in [1.54, 1.807) is 20.8 Å². The van der Waals surface area contributed by atoms with E-state index in [9.17, 15) is 14.2 Å². The van der Waals surface area contributed by atoms with Gasteiger partial charge in [-0.3, -0.25) is 22.9 Å². The van der Waals surface area contributed by atoms with E-state index in [-0.39, 0.29) is 60.2 Å². The first-order valence-electron chi connectivity index (χ1n) is 12.3. The van der Waals surface area contributed by atoms with Crippen LogP contribution in [0.2, 0.25) is 0 Å². The number of carbonyl (C=O) groups is 2. The fourth-order valence-electron chi connectivity index (χ4n) is 4.16. The number of alkyl carbamates (subject to hydrolysis) is 1. The van der Waals surface area contributed by atoms with Gasteiger partial charge in [0.15, 0.2) is 28.2 Å². The van der Waals surface area contributed by atoms with Crippen LogP contribution in [0.5, 0.6) is 5.88 Å². The van der Waals surface area contributed by atoms with Gasteiger partial charge in [0.05, 0.1) is 38.7 Å². The van der Waals surface area contributed by atoms with Gasteiger partial charge in [-0.2, -0.15) is 9.97 Å². The van der Waals surface area contributed by atoms with Crippen LogP contribution in [0.3, 0.4) is 0 Å². The zero-order chi connectivity index (χ0) is 29.3. The van der Waals surface area contributed by atoms with Gasteiger partial charge in [0.25, 0.3) is 0 Å². The summed E-state index contributed by atoms with van der Waals surface area (Å²) in [5, 5.41) is 2.30. The van der Waals surface area contributed by atoms with E-state index in [0.29, 0.717) is 0 Å². The van der Waals surface area contributed by atoms with E-state index in [2.05, 4.69) is 20.3 Å². The number of phosphoric acid groups is 1. The molecule has 5 atom stereocenters. The summed E-state index contributed by atoms with van der Waals surface area (Å²) in [6, 6.07) is 0. The van der Waals surface area contributed by atoms with Crippen molar-refractivity contribution in [2.45, 2.75) is 51.8 Å². The van der Waals surface area contributed by atoms with Crippen molar-refractivity contribution in [1.29, 1.82) is 0 Å². The second-order valence-electron chi connectivity index (χ2n) is 9.79. The Hall–Kier alpha value is -2.56. The van der Waals surface area contributed by atoms with E-state index in [1.165, 1.54) is 24.9 Å². The number of phosphoric ester groups is 1. The van der Waals surface area contributed by atoms with Crippen molar-refractivity contribution in [3.8, 4) is 5.88 Å². The molecule has 0 aromatic carbocycles. The van der Waals surface area contributed by atoms with Gasteiger partial charge in [-0.1, -0.05) is 25.6 Å². The van der Waals surface area contributed by atoms with Crippen LogP contribution in [0.4, 0.5) is 15.1 Å². The number of rotatable bonds is 10. The Morgan fingerprint density at radius 3 is 2.85 bits per heavy atom. The summed E-state index contributed by atoms with van der Waals surface area (Å²) in [7, 11) is -2.79. The number of hydrogen-bond acceptors (Lipinski definition) is 14. The minimum absolute atomic E-state index is 0.0696. The highest BCUT2D eigenvalue weighted by Crippen LogP contribution is 2.59. The number of amides is 1. The summed E-state index contributed by atoms with van der Waals surface area (Å²) >= 11 is 0.929. The second kappa shape index (κ2) is 11.7. The molecule has 2 saturated heterocycles. The Labute approximate surface area is 233 Å². The maximum Gasteiger partial charge on any atom is 0.475 e. The predicted molar refractivity (Wildman–Crippen MR) is 140 cm³/mol. The number of thioether (sulfide) groups is 1. The third-order valence-electron chi connectivity index (χ3n) is 6.24. The fraction of sp³-hybridized carbons (Fsp3) is 0.682. The van der Waals surface area contributed by atoms with E-state index in [0.717, 1.165) is 11.8 Å². The highest BCUT2D eigenvalue weighted by Gasteiger charge is 2.61. The van der Waals surface area contributed by atoms with Crippen molar-refractivity contribution in [2.24, 2.45) is 5.41 Å². The lowest BCUT2D eigenvalue weighted by Gasteiger charge is -2.33. The summed E-state index contributed by atoms with van der Waals surface area (Å²) in [4.78, 5) is 36.4. The molecule has 2 aromatic rings. The van der Waals surface area contributed by atoms with Crippen molar-refractivity contribution in [3.63, 3.8) is 0 Å². The molecule has 0 aliphatic carbocycles. The van der Waals surface area contributed by atoms with Crippen LogP contribution in [0.15, 0.2) is 6.33 Å². The molecule has 0 unspecified atom stereocenters. The maximum absolute atomic E-state index is 16.2. The summed E-state index contributed by atoms with van der Waals surface area (Å²) < 4.78 is 62.8. The SMILES string of the molecule is CCOC(=O)NCC(C)(C)C(=O)SCCO[P@@]1(=O)OC[C@H]2O[C@@H](n3cnc4c(OC)nc(N)nc43)[C@](C)(F)[C@@H]2O1. The number of halogens is 1. The lowest BCUT2D eigenvalue weighted by molar-refractivity contribution is -0.117. The molecule has 4 rings (SSSR count). The van der Waals surface area contributed by atoms with Crippen molar-refractivity contribution < 1.29 is 46.3 Å². The standard InChI is InChI=1S/C22H32FN6O9PS/c1-6-34-20(31)25-10-21(2,3)18(30)40-8-7-35-39(32)36-9-12-14(38-39)22(4,23)17(37-12)29-11-26-13-15(29)27-19(24)28-16(13)33-5/h11-12,14,17H,6-10H2,1-5H3,(H,25,31)(H2,24,27,28)/t12-,14-,17-,22-,39+/m1/s1. The number of nitrogens with one attached hydrogen (secondary N) is 1. The Kier molecular flexibility index (Phi) is 8.92. The van der Waals surface area contributed by atoms with Crippen LogP contribution in [-0.4, -0.2) is 87.8 Å². The average Bonchev–Trinajstić information content (AvgIpc) is 3.42. The number of ether oxygens (including phenoxy) is 3. The molecule has 40 heavy (non-hydrogen) atoms. The van der Waals surface area contributed by atoms with Gasteiger partial charge in [-0.05, 0) is 13.8 Å². The lowest BCUT2D eigenvalue weighted by atomic mass is 9.96. The Balaban J connectivity index is 1.35. The maximum atomic E-state index is 16.2. The van der Waals surface area contributed by atoms with Gasteiger partial charge in [0.1, 0.15) is 12.2 Å². The van der Waals surface area contributed by atoms with Crippen LogP contribution in [-0.2, 0) is 32.4 Å². The predicted octanol–water partition coefficient (Wildman–Crippen LogP) is 2.61. The topological polar surface area (TPSA) is 188 Å². The molecule has 18 heteroatoms. The molecule has 15 nitrogen and oxygen atoms in total. The molecular weight excluding hydrogens is 574 g/mol. The van der Waals surface area contributed by atoms with E-state index >= 15 is 4.39 Å². The van der Waals surface area contributed by atoms with Crippen LogP contribution in [0, 0.1) is 5.41 Å². The number of imidazole rings is 1. The van der Waals surface area contributed by atoms with Crippen molar-refractivity contribution in [2.75, 3.05) is 45.0 Å². The van der Waals surface area contributed by atoms with Crippen molar-refractivity contribution >= 4 is 47.9 Å². The lowest BCUT2D eigenvalue weighted by Crippen LogP contribution is -2.44. The van der Waals surface area contributed by atoms with E-state index in [1.807, 2.05) is 0 Å². The fourth-order valence-corrected chi connectivity index (χ4v) is 6.56. The van der Waals surface area contributed by atoms with Gasteiger partial charge < -0.3 is 25.3 Å². The monoisotopic (exact) mass is 606 g/mol. The van der Waals surface area contributed by atoms with E-state index < -0.39 is 43.4 Å². The van der Waals surface area contributed by atoms with Crippen molar-refractivity contribution in [1.82, 2.24) is 24.8 Å². The Morgan fingerprint density at radius 2 is 2.15 bits per heavy atom. The zero-order valence-corrected chi connectivity index (χ0v) is 24.3. The zero-order valence-electron chi connectivity index (χ0n) is 22.6.